The summed E-state index contributed by atoms with van der Waals surface area (Å²) in [6, 6.07) is 10.1. The number of benzene rings is 1. The first-order chi connectivity index (χ1) is 12.4. The molecule has 0 aliphatic heterocycles. The summed E-state index contributed by atoms with van der Waals surface area (Å²) >= 11 is 0. The zero-order valence-corrected chi connectivity index (χ0v) is 15.8. The molecule has 0 aliphatic rings. The SMILES string of the molecule is COC(=O)c1ccc(CCCCCOS(=O)(=O)c2ccc(C)cc2)nc1. The van der Waals surface area contributed by atoms with Gasteiger partial charge in [-0.1, -0.05) is 24.1 Å². The van der Waals surface area contributed by atoms with Crippen LogP contribution in [0.4, 0.5) is 0 Å². The Bertz CT molecular complexity index is 814. The van der Waals surface area contributed by atoms with Gasteiger partial charge in [0.25, 0.3) is 10.1 Å². The molecular formula is C19H23NO5S. The van der Waals surface area contributed by atoms with Gasteiger partial charge in [0.05, 0.1) is 24.2 Å². The van der Waals surface area contributed by atoms with E-state index in [0.717, 1.165) is 30.5 Å². The summed E-state index contributed by atoms with van der Waals surface area (Å²) in [6.45, 7) is 2.06. The van der Waals surface area contributed by atoms with Gasteiger partial charge in [0.15, 0.2) is 0 Å². The van der Waals surface area contributed by atoms with Crippen molar-refractivity contribution in [3.8, 4) is 0 Å². The second kappa shape index (κ2) is 9.45. The lowest BCUT2D eigenvalue weighted by Crippen LogP contribution is -2.07. The third-order valence-corrected chi connectivity index (χ3v) is 5.20. The van der Waals surface area contributed by atoms with Crippen molar-refractivity contribution in [3.63, 3.8) is 0 Å². The molecule has 0 spiro atoms. The van der Waals surface area contributed by atoms with Crippen LogP contribution in [0, 0.1) is 6.92 Å². The second-order valence-corrected chi connectivity index (χ2v) is 7.54. The Kier molecular flexibility index (Phi) is 7.29. The van der Waals surface area contributed by atoms with Gasteiger partial charge in [-0.2, -0.15) is 8.42 Å². The van der Waals surface area contributed by atoms with Gasteiger partial charge in [-0.3, -0.25) is 9.17 Å². The molecule has 0 atom stereocenters. The van der Waals surface area contributed by atoms with Crippen molar-refractivity contribution in [3.05, 3.63) is 59.4 Å². The van der Waals surface area contributed by atoms with E-state index < -0.39 is 16.1 Å². The highest BCUT2D eigenvalue weighted by atomic mass is 32.2. The zero-order valence-electron chi connectivity index (χ0n) is 15.0. The third kappa shape index (κ3) is 5.93. The summed E-state index contributed by atoms with van der Waals surface area (Å²) in [7, 11) is -2.36. The summed E-state index contributed by atoms with van der Waals surface area (Å²) in [5.74, 6) is -0.406. The normalized spacial score (nSPS) is 11.3. The van der Waals surface area contributed by atoms with Crippen molar-refractivity contribution in [1.29, 1.82) is 0 Å². The predicted molar refractivity (Wildman–Crippen MR) is 97.4 cm³/mol. The summed E-state index contributed by atoms with van der Waals surface area (Å²) in [5, 5.41) is 0. The quantitative estimate of drug-likeness (QED) is 0.379. The van der Waals surface area contributed by atoms with Crippen LogP contribution in [0.1, 0.15) is 40.9 Å². The molecule has 0 saturated carbocycles. The molecule has 0 N–H and O–H groups in total. The number of unbranched alkanes of at least 4 members (excludes halogenated alkanes) is 2. The number of carbonyl (C=O) groups excluding carboxylic acids is 1. The molecule has 6 nitrogen and oxygen atoms in total. The molecule has 26 heavy (non-hydrogen) atoms. The minimum absolute atomic E-state index is 0.158. The Hall–Kier alpha value is -2.25. The summed E-state index contributed by atoms with van der Waals surface area (Å²) < 4.78 is 33.8. The number of aromatic nitrogens is 1. The highest BCUT2D eigenvalue weighted by molar-refractivity contribution is 7.86. The molecule has 0 saturated heterocycles. The predicted octanol–water partition coefficient (Wildman–Crippen LogP) is 3.29. The van der Waals surface area contributed by atoms with Crippen molar-refractivity contribution in [2.24, 2.45) is 0 Å². The first-order valence-corrected chi connectivity index (χ1v) is 9.82. The number of pyridine rings is 1. The monoisotopic (exact) mass is 377 g/mol. The second-order valence-electron chi connectivity index (χ2n) is 5.93. The molecular weight excluding hydrogens is 354 g/mol. The molecule has 7 heteroatoms. The van der Waals surface area contributed by atoms with Crippen molar-refractivity contribution in [1.82, 2.24) is 4.98 Å². The molecule has 0 aliphatic carbocycles. The average Bonchev–Trinajstić information content (AvgIpc) is 2.64. The number of rotatable bonds is 9. The molecule has 0 amide bonds. The van der Waals surface area contributed by atoms with E-state index in [4.69, 9.17) is 4.18 Å². The topological polar surface area (TPSA) is 82.6 Å². The summed E-state index contributed by atoms with van der Waals surface area (Å²) in [5.41, 5.74) is 2.30. The van der Waals surface area contributed by atoms with E-state index in [1.54, 1.807) is 36.4 Å². The van der Waals surface area contributed by atoms with Crippen LogP contribution in [-0.4, -0.2) is 33.1 Å². The zero-order chi connectivity index (χ0) is 19.0. The number of hydrogen-bond donors (Lipinski definition) is 0. The van der Waals surface area contributed by atoms with Gasteiger partial charge in [0.1, 0.15) is 0 Å². The van der Waals surface area contributed by atoms with E-state index in [1.807, 2.05) is 6.92 Å². The van der Waals surface area contributed by atoms with Crippen LogP contribution in [-0.2, 0) is 25.5 Å². The molecule has 0 unspecified atom stereocenters. The fourth-order valence-corrected chi connectivity index (χ4v) is 3.28. The number of ether oxygens (including phenoxy) is 1. The maximum atomic E-state index is 12.0. The van der Waals surface area contributed by atoms with E-state index in [-0.39, 0.29) is 11.5 Å². The highest BCUT2D eigenvalue weighted by Gasteiger charge is 2.14. The molecule has 1 heterocycles. The van der Waals surface area contributed by atoms with E-state index in [2.05, 4.69) is 9.72 Å². The largest absolute Gasteiger partial charge is 0.465 e. The fraction of sp³-hybridized carbons (Fsp3) is 0.368. The lowest BCUT2D eigenvalue weighted by molar-refractivity contribution is 0.0600. The van der Waals surface area contributed by atoms with Crippen LogP contribution in [0.25, 0.3) is 0 Å². The van der Waals surface area contributed by atoms with Crippen LogP contribution in [0.2, 0.25) is 0 Å². The van der Waals surface area contributed by atoms with Crippen molar-refractivity contribution in [2.45, 2.75) is 37.5 Å². The molecule has 2 rings (SSSR count). The molecule has 0 radical (unpaired) electrons. The number of hydrogen-bond acceptors (Lipinski definition) is 6. The van der Waals surface area contributed by atoms with Crippen LogP contribution in [0.15, 0.2) is 47.5 Å². The Balaban J connectivity index is 1.69. The van der Waals surface area contributed by atoms with Crippen LogP contribution < -0.4 is 0 Å². The number of aryl methyl sites for hydroxylation is 2. The van der Waals surface area contributed by atoms with Gasteiger partial charge in [0.2, 0.25) is 0 Å². The minimum Gasteiger partial charge on any atom is -0.465 e. The standard InChI is InChI=1S/C19H23NO5S/c1-15-7-11-18(12-8-15)26(22,23)25-13-5-3-4-6-17-10-9-16(14-20-17)19(21)24-2/h7-12,14H,3-6,13H2,1-2H3. The van der Waals surface area contributed by atoms with Crippen molar-refractivity contribution in [2.75, 3.05) is 13.7 Å². The van der Waals surface area contributed by atoms with E-state index in [9.17, 15) is 13.2 Å². The van der Waals surface area contributed by atoms with E-state index in [1.165, 1.54) is 13.3 Å². The molecule has 140 valence electrons. The first-order valence-electron chi connectivity index (χ1n) is 8.42. The van der Waals surface area contributed by atoms with Gasteiger partial charge in [0, 0.05) is 11.9 Å². The molecule has 0 fully saturated rings. The van der Waals surface area contributed by atoms with Gasteiger partial charge >= 0.3 is 5.97 Å². The van der Waals surface area contributed by atoms with E-state index in [0.29, 0.717) is 12.0 Å². The number of carbonyl (C=O) groups is 1. The molecule has 0 bridgehead atoms. The van der Waals surface area contributed by atoms with Crippen molar-refractivity contribution < 1.29 is 22.1 Å². The molecule has 1 aromatic heterocycles. The average molecular weight is 377 g/mol. The maximum absolute atomic E-state index is 12.0. The lowest BCUT2D eigenvalue weighted by atomic mass is 10.1. The fourth-order valence-electron chi connectivity index (χ4n) is 2.34. The van der Waals surface area contributed by atoms with E-state index >= 15 is 0 Å². The van der Waals surface area contributed by atoms with Gasteiger partial charge in [-0.05, 0) is 50.5 Å². The summed E-state index contributed by atoms with van der Waals surface area (Å²) in [6.07, 6.45) is 4.58. The highest BCUT2D eigenvalue weighted by Crippen LogP contribution is 2.14. The Morgan fingerprint density at radius 3 is 2.38 bits per heavy atom. The minimum atomic E-state index is -3.69. The summed E-state index contributed by atoms with van der Waals surface area (Å²) in [4.78, 5) is 15.7. The number of esters is 1. The third-order valence-electron chi connectivity index (χ3n) is 3.87. The number of nitrogens with zero attached hydrogens (tertiary/aromatic N) is 1. The Morgan fingerprint density at radius 1 is 1.04 bits per heavy atom. The van der Waals surface area contributed by atoms with Crippen LogP contribution in [0.5, 0.6) is 0 Å². The molecule has 2 aromatic rings. The van der Waals surface area contributed by atoms with Gasteiger partial charge in [-0.15, -0.1) is 0 Å². The Labute approximate surface area is 154 Å². The van der Waals surface area contributed by atoms with Crippen LogP contribution >= 0.6 is 0 Å². The molecule has 1 aromatic carbocycles. The van der Waals surface area contributed by atoms with Gasteiger partial charge < -0.3 is 4.74 Å². The Morgan fingerprint density at radius 2 is 1.77 bits per heavy atom. The van der Waals surface area contributed by atoms with Gasteiger partial charge in [-0.25, -0.2) is 4.79 Å². The van der Waals surface area contributed by atoms with Crippen LogP contribution in [0.3, 0.4) is 0 Å². The van der Waals surface area contributed by atoms with Crippen molar-refractivity contribution >= 4 is 16.1 Å². The lowest BCUT2D eigenvalue weighted by Gasteiger charge is -2.06. The maximum Gasteiger partial charge on any atom is 0.339 e. The smallest absolute Gasteiger partial charge is 0.339 e. The first kappa shape index (κ1) is 20.1. The number of methoxy groups -OCH3 is 1.